The zero-order valence-electron chi connectivity index (χ0n) is 6.64. The molecule has 0 aromatic heterocycles. The molecule has 0 saturated heterocycles. The van der Waals surface area contributed by atoms with Crippen LogP contribution >= 0.6 is 0 Å². The topological polar surface area (TPSA) is 34.1 Å². The first-order valence-electron chi connectivity index (χ1n) is 3.62. The third kappa shape index (κ3) is 7.34. The van der Waals surface area contributed by atoms with Gasteiger partial charge in [0.05, 0.1) is 0 Å². The van der Waals surface area contributed by atoms with Gasteiger partial charge in [-0.1, -0.05) is 0 Å². The monoisotopic (exact) mass is 142 g/mol. The van der Waals surface area contributed by atoms with Crippen LogP contribution in [0, 0.1) is 0 Å². The standard InChI is InChI=1S/C8H14O2/c1-7(9)5-3-4-6-8(2)10/h3-6H2,1-2H3. The van der Waals surface area contributed by atoms with Crippen LogP contribution < -0.4 is 0 Å². The van der Waals surface area contributed by atoms with E-state index in [1.54, 1.807) is 13.8 Å². The van der Waals surface area contributed by atoms with Gasteiger partial charge >= 0.3 is 0 Å². The fourth-order valence-corrected chi connectivity index (χ4v) is 0.748. The Morgan fingerprint density at radius 1 is 0.900 bits per heavy atom. The lowest BCUT2D eigenvalue weighted by atomic mass is 10.1. The summed E-state index contributed by atoms with van der Waals surface area (Å²) in [4.78, 5) is 20.8. The van der Waals surface area contributed by atoms with E-state index in [9.17, 15) is 9.59 Å². The van der Waals surface area contributed by atoms with Crippen molar-refractivity contribution in [3.63, 3.8) is 0 Å². The Hall–Kier alpha value is -0.660. The van der Waals surface area contributed by atoms with Gasteiger partial charge in [-0.3, -0.25) is 0 Å². The van der Waals surface area contributed by atoms with Crippen LogP contribution in [0.2, 0.25) is 0 Å². The Morgan fingerprint density at radius 2 is 1.20 bits per heavy atom. The van der Waals surface area contributed by atoms with Gasteiger partial charge in [0.25, 0.3) is 0 Å². The average Bonchev–Trinajstić information content (AvgIpc) is 1.79. The molecule has 0 atom stereocenters. The van der Waals surface area contributed by atoms with Crippen LogP contribution in [0.25, 0.3) is 0 Å². The maximum atomic E-state index is 10.4. The molecule has 0 fully saturated rings. The van der Waals surface area contributed by atoms with E-state index in [4.69, 9.17) is 0 Å². The zero-order valence-corrected chi connectivity index (χ0v) is 6.64. The summed E-state index contributed by atoms with van der Waals surface area (Å²) in [6, 6.07) is 0. The van der Waals surface area contributed by atoms with E-state index in [0.717, 1.165) is 12.8 Å². The molecule has 0 unspecified atom stereocenters. The van der Waals surface area contributed by atoms with Crippen molar-refractivity contribution in [1.82, 2.24) is 0 Å². The van der Waals surface area contributed by atoms with Gasteiger partial charge < -0.3 is 9.59 Å². The molecule has 0 aliphatic carbocycles. The Balaban J connectivity index is 3.06. The lowest BCUT2D eigenvalue weighted by Crippen LogP contribution is -1.92. The molecular formula is C8H14O2. The van der Waals surface area contributed by atoms with Gasteiger partial charge in [0.15, 0.2) is 0 Å². The van der Waals surface area contributed by atoms with E-state index in [-0.39, 0.29) is 11.6 Å². The molecule has 58 valence electrons. The van der Waals surface area contributed by atoms with Crippen LogP contribution in [0.5, 0.6) is 0 Å². The quantitative estimate of drug-likeness (QED) is 0.548. The number of rotatable bonds is 5. The molecule has 0 N–H and O–H groups in total. The van der Waals surface area contributed by atoms with Gasteiger partial charge in [-0.05, 0) is 26.7 Å². The molecule has 0 rings (SSSR count). The molecule has 10 heavy (non-hydrogen) atoms. The molecule has 0 heterocycles. The number of Topliss-reactive ketones (excluding diaryl/α,β-unsaturated/α-hetero) is 2. The first kappa shape index (κ1) is 9.34. The number of carbonyl (C=O) groups excluding carboxylic acids is 2. The third-order valence-corrected chi connectivity index (χ3v) is 1.31. The molecule has 0 bridgehead atoms. The number of hydrogen-bond acceptors (Lipinski definition) is 2. The smallest absolute Gasteiger partial charge is 0.129 e. The summed E-state index contributed by atoms with van der Waals surface area (Å²) in [5.41, 5.74) is 0. The van der Waals surface area contributed by atoms with Crippen molar-refractivity contribution in [3.05, 3.63) is 0 Å². The molecule has 0 amide bonds. The van der Waals surface area contributed by atoms with E-state index in [1.165, 1.54) is 0 Å². The predicted molar refractivity (Wildman–Crippen MR) is 39.8 cm³/mol. The molecule has 0 spiro atoms. The van der Waals surface area contributed by atoms with Crippen LogP contribution in [-0.2, 0) is 9.59 Å². The van der Waals surface area contributed by atoms with Gasteiger partial charge in [-0.15, -0.1) is 0 Å². The Morgan fingerprint density at radius 3 is 1.40 bits per heavy atom. The van der Waals surface area contributed by atoms with E-state index in [1.807, 2.05) is 0 Å². The summed E-state index contributed by atoms with van der Waals surface area (Å²) in [5, 5.41) is 0. The number of unbranched alkanes of at least 4 members (excludes halogenated alkanes) is 1. The molecule has 0 aliphatic heterocycles. The Bertz CT molecular complexity index is 111. The second-order valence-electron chi connectivity index (χ2n) is 2.61. The summed E-state index contributed by atoms with van der Waals surface area (Å²) in [7, 11) is 0. The van der Waals surface area contributed by atoms with E-state index < -0.39 is 0 Å². The van der Waals surface area contributed by atoms with Crippen molar-refractivity contribution < 1.29 is 9.59 Å². The molecule has 0 radical (unpaired) electrons. The van der Waals surface area contributed by atoms with Crippen molar-refractivity contribution in [2.75, 3.05) is 0 Å². The first-order chi connectivity index (χ1) is 4.63. The first-order valence-corrected chi connectivity index (χ1v) is 3.62. The fraction of sp³-hybridized carbons (Fsp3) is 0.750. The molecule has 0 aliphatic rings. The van der Waals surface area contributed by atoms with Crippen LogP contribution in [0.4, 0.5) is 0 Å². The highest BCUT2D eigenvalue weighted by atomic mass is 16.1. The van der Waals surface area contributed by atoms with Gasteiger partial charge in [-0.25, -0.2) is 0 Å². The van der Waals surface area contributed by atoms with Crippen LogP contribution in [0.3, 0.4) is 0 Å². The number of hydrogen-bond donors (Lipinski definition) is 0. The Labute approximate surface area is 61.6 Å². The van der Waals surface area contributed by atoms with Gasteiger partial charge in [0.2, 0.25) is 0 Å². The zero-order chi connectivity index (χ0) is 7.98. The SMILES string of the molecule is CC(=O)CCCCC(C)=O. The van der Waals surface area contributed by atoms with Crippen LogP contribution in [0.15, 0.2) is 0 Å². The number of carbonyl (C=O) groups is 2. The van der Waals surface area contributed by atoms with Crippen molar-refractivity contribution in [1.29, 1.82) is 0 Å². The minimum Gasteiger partial charge on any atom is -0.300 e. The second kappa shape index (κ2) is 5.15. The maximum absolute atomic E-state index is 10.4. The van der Waals surface area contributed by atoms with Crippen molar-refractivity contribution in [2.24, 2.45) is 0 Å². The fourth-order valence-electron chi connectivity index (χ4n) is 0.748. The van der Waals surface area contributed by atoms with Crippen molar-refractivity contribution in [3.8, 4) is 0 Å². The number of ketones is 2. The van der Waals surface area contributed by atoms with E-state index in [0.29, 0.717) is 12.8 Å². The average molecular weight is 142 g/mol. The minimum atomic E-state index is 0.212. The summed E-state index contributed by atoms with van der Waals surface area (Å²) < 4.78 is 0. The molecule has 2 nitrogen and oxygen atoms in total. The predicted octanol–water partition coefficient (Wildman–Crippen LogP) is 1.72. The third-order valence-electron chi connectivity index (χ3n) is 1.31. The Kier molecular flexibility index (Phi) is 4.81. The maximum Gasteiger partial charge on any atom is 0.129 e. The van der Waals surface area contributed by atoms with Crippen LogP contribution in [0.1, 0.15) is 39.5 Å². The largest absolute Gasteiger partial charge is 0.300 e. The normalized spacial score (nSPS) is 9.40. The molecular weight excluding hydrogens is 128 g/mol. The lowest BCUT2D eigenvalue weighted by molar-refractivity contribution is -0.118. The van der Waals surface area contributed by atoms with Gasteiger partial charge in [0, 0.05) is 12.8 Å². The van der Waals surface area contributed by atoms with Crippen LogP contribution in [-0.4, -0.2) is 11.6 Å². The summed E-state index contributed by atoms with van der Waals surface area (Å²) in [6.07, 6.45) is 2.95. The minimum absolute atomic E-state index is 0.212. The molecule has 0 saturated carbocycles. The molecule has 2 heteroatoms. The highest BCUT2D eigenvalue weighted by Crippen LogP contribution is 2.00. The van der Waals surface area contributed by atoms with Crippen molar-refractivity contribution in [2.45, 2.75) is 39.5 Å². The second-order valence-corrected chi connectivity index (χ2v) is 2.61. The highest BCUT2D eigenvalue weighted by Gasteiger charge is 1.95. The molecule has 0 aromatic carbocycles. The summed E-state index contributed by atoms with van der Waals surface area (Å²) >= 11 is 0. The highest BCUT2D eigenvalue weighted by molar-refractivity contribution is 5.76. The summed E-state index contributed by atoms with van der Waals surface area (Å²) in [5.74, 6) is 0.423. The van der Waals surface area contributed by atoms with E-state index in [2.05, 4.69) is 0 Å². The van der Waals surface area contributed by atoms with Crippen molar-refractivity contribution >= 4 is 11.6 Å². The molecule has 0 aromatic rings. The van der Waals surface area contributed by atoms with Gasteiger partial charge in [-0.2, -0.15) is 0 Å². The summed E-state index contributed by atoms with van der Waals surface area (Å²) in [6.45, 7) is 3.15. The van der Waals surface area contributed by atoms with E-state index >= 15 is 0 Å². The van der Waals surface area contributed by atoms with Gasteiger partial charge in [0.1, 0.15) is 11.6 Å². The lowest BCUT2D eigenvalue weighted by Gasteiger charge is -1.93.